The third-order valence-electron chi connectivity index (χ3n) is 2.88. The van der Waals surface area contributed by atoms with E-state index in [1.54, 1.807) is 0 Å². The van der Waals surface area contributed by atoms with Gasteiger partial charge in [0.25, 0.3) is 0 Å². The molecule has 0 spiro atoms. The highest BCUT2D eigenvalue weighted by atomic mass is 16.5. The van der Waals surface area contributed by atoms with Crippen LogP contribution in [0.1, 0.15) is 45.2 Å². The Morgan fingerprint density at radius 1 is 1.24 bits per heavy atom. The van der Waals surface area contributed by atoms with E-state index in [1.165, 1.54) is 5.56 Å². The summed E-state index contributed by atoms with van der Waals surface area (Å²) in [5, 5.41) is 6.57. The molecule has 0 aromatic heterocycles. The molecule has 1 aromatic rings. The van der Waals surface area contributed by atoms with Crippen LogP contribution in [0.4, 0.5) is 0 Å². The zero-order valence-corrected chi connectivity index (χ0v) is 14.0. The summed E-state index contributed by atoms with van der Waals surface area (Å²) in [6.45, 7) is 12.8. The number of rotatable bonds is 7. The maximum Gasteiger partial charge on any atom is 0.191 e. The molecule has 21 heavy (non-hydrogen) atoms. The highest BCUT2D eigenvalue weighted by molar-refractivity contribution is 5.79. The Labute approximate surface area is 129 Å². The first kappa shape index (κ1) is 17.3. The lowest BCUT2D eigenvalue weighted by atomic mass is 10.1. The lowest BCUT2D eigenvalue weighted by Gasteiger charge is -2.15. The molecule has 0 fully saturated rings. The van der Waals surface area contributed by atoms with Gasteiger partial charge < -0.3 is 15.4 Å². The van der Waals surface area contributed by atoms with E-state index in [9.17, 15) is 0 Å². The second kappa shape index (κ2) is 9.27. The van der Waals surface area contributed by atoms with Gasteiger partial charge in [0, 0.05) is 18.7 Å². The molecule has 1 aromatic carbocycles. The molecule has 1 rings (SSSR count). The van der Waals surface area contributed by atoms with Crippen LogP contribution in [0.5, 0.6) is 5.75 Å². The van der Waals surface area contributed by atoms with Crippen LogP contribution in [0.25, 0.3) is 0 Å². The third-order valence-corrected chi connectivity index (χ3v) is 2.88. The predicted octanol–water partition coefficient (Wildman–Crippen LogP) is 3.25. The smallest absolute Gasteiger partial charge is 0.191 e. The largest absolute Gasteiger partial charge is 0.491 e. The maximum atomic E-state index is 5.89. The molecule has 0 aliphatic carbocycles. The van der Waals surface area contributed by atoms with Crippen molar-refractivity contribution in [1.82, 2.24) is 10.6 Å². The van der Waals surface area contributed by atoms with Crippen molar-refractivity contribution in [3.05, 3.63) is 29.3 Å². The molecule has 0 unspecified atom stereocenters. The first-order valence-corrected chi connectivity index (χ1v) is 7.85. The van der Waals surface area contributed by atoms with E-state index in [2.05, 4.69) is 54.6 Å². The van der Waals surface area contributed by atoms with Crippen molar-refractivity contribution in [2.45, 2.75) is 53.7 Å². The number of hydrogen-bond acceptors (Lipinski definition) is 2. The van der Waals surface area contributed by atoms with E-state index in [1.807, 2.05) is 13.8 Å². The molecular formula is C17H29N3O. The van der Waals surface area contributed by atoms with Crippen LogP contribution >= 0.6 is 0 Å². The molecule has 118 valence electrons. The highest BCUT2D eigenvalue weighted by Crippen LogP contribution is 2.22. The Balaban J connectivity index is 2.83. The van der Waals surface area contributed by atoms with Crippen molar-refractivity contribution >= 4 is 5.96 Å². The average Bonchev–Trinajstić information content (AvgIpc) is 2.43. The highest BCUT2D eigenvalue weighted by Gasteiger charge is 2.06. The van der Waals surface area contributed by atoms with Crippen molar-refractivity contribution in [1.29, 1.82) is 0 Å². The molecular weight excluding hydrogens is 262 g/mol. The van der Waals surface area contributed by atoms with Crippen LogP contribution in [0.3, 0.4) is 0 Å². The average molecular weight is 291 g/mol. The molecule has 0 heterocycles. The van der Waals surface area contributed by atoms with E-state index in [0.29, 0.717) is 6.54 Å². The predicted molar refractivity (Wildman–Crippen MR) is 90.1 cm³/mol. The zero-order chi connectivity index (χ0) is 15.7. The summed E-state index contributed by atoms with van der Waals surface area (Å²) in [6.07, 6.45) is 1.25. The van der Waals surface area contributed by atoms with Crippen LogP contribution in [-0.2, 0) is 6.54 Å². The number of benzene rings is 1. The van der Waals surface area contributed by atoms with Gasteiger partial charge >= 0.3 is 0 Å². The third kappa shape index (κ3) is 6.52. The molecule has 0 saturated carbocycles. The van der Waals surface area contributed by atoms with Crippen molar-refractivity contribution < 1.29 is 4.74 Å². The molecule has 0 saturated heterocycles. The fourth-order valence-electron chi connectivity index (χ4n) is 1.91. The van der Waals surface area contributed by atoms with Gasteiger partial charge in [-0.05, 0) is 45.7 Å². The minimum atomic E-state index is 0.168. The van der Waals surface area contributed by atoms with Gasteiger partial charge in [0.05, 0.1) is 12.6 Å². The lowest BCUT2D eigenvalue weighted by molar-refractivity contribution is 0.240. The Hall–Kier alpha value is -1.71. The summed E-state index contributed by atoms with van der Waals surface area (Å²) in [4.78, 5) is 4.63. The van der Waals surface area contributed by atoms with Gasteiger partial charge in [0.2, 0.25) is 0 Å². The van der Waals surface area contributed by atoms with E-state index in [4.69, 9.17) is 4.74 Å². The molecule has 2 N–H and O–H groups in total. The number of nitrogens with zero attached hydrogens (tertiary/aromatic N) is 1. The molecule has 0 atom stereocenters. The van der Waals surface area contributed by atoms with E-state index in [-0.39, 0.29) is 6.10 Å². The number of ether oxygens (including phenoxy) is 1. The summed E-state index contributed by atoms with van der Waals surface area (Å²) in [5.74, 6) is 1.79. The van der Waals surface area contributed by atoms with Gasteiger partial charge in [-0.1, -0.05) is 19.1 Å². The first-order chi connectivity index (χ1) is 10.1. The van der Waals surface area contributed by atoms with Crippen LogP contribution in [0.2, 0.25) is 0 Å². The maximum absolute atomic E-state index is 5.89. The second-order valence-electron chi connectivity index (χ2n) is 5.40. The summed E-state index contributed by atoms with van der Waals surface area (Å²) in [5.41, 5.74) is 2.32. The zero-order valence-electron chi connectivity index (χ0n) is 14.0. The van der Waals surface area contributed by atoms with Crippen molar-refractivity contribution in [2.24, 2.45) is 4.99 Å². The van der Waals surface area contributed by atoms with Crippen molar-refractivity contribution in [3.8, 4) is 5.75 Å². The Morgan fingerprint density at radius 3 is 2.62 bits per heavy atom. The van der Waals surface area contributed by atoms with E-state index < -0.39 is 0 Å². The molecule has 4 nitrogen and oxygen atoms in total. The number of aryl methyl sites for hydroxylation is 1. The normalized spacial score (nSPS) is 11.6. The number of hydrogen-bond donors (Lipinski definition) is 2. The second-order valence-corrected chi connectivity index (χ2v) is 5.40. The standard InChI is InChI=1S/C17H29N3O/c1-6-10-19-17(18-7-2)20-12-15-9-8-14(5)11-16(15)21-13(3)4/h8-9,11,13H,6-7,10,12H2,1-5H3,(H2,18,19,20). The van der Waals surface area contributed by atoms with Gasteiger partial charge in [-0.25, -0.2) is 4.99 Å². The minimum Gasteiger partial charge on any atom is -0.491 e. The Kier molecular flexibility index (Phi) is 7.65. The summed E-state index contributed by atoms with van der Waals surface area (Å²) in [6, 6.07) is 6.28. The fraction of sp³-hybridized carbons (Fsp3) is 0.588. The molecule has 0 aliphatic rings. The molecule has 0 bridgehead atoms. The fourth-order valence-corrected chi connectivity index (χ4v) is 1.91. The Bertz CT molecular complexity index is 455. The first-order valence-electron chi connectivity index (χ1n) is 7.85. The summed E-state index contributed by atoms with van der Waals surface area (Å²) < 4.78 is 5.89. The SMILES string of the molecule is CCCNC(=NCc1ccc(C)cc1OC(C)C)NCC. The molecule has 0 radical (unpaired) electrons. The number of aliphatic imine (C=N–C) groups is 1. The van der Waals surface area contributed by atoms with E-state index in [0.717, 1.165) is 36.8 Å². The summed E-state index contributed by atoms with van der Waals surface area (Å²) in [7, 11) is 0. The quantitative estimate of drug-likeness (QED) is 0.599. The van der Waals surface area contributed by atoms with Gasteiger partial charge in [-0.2, -0.15) is 0 Å². The monoisotopic (exact) mass is 291 g/mol. The van der Waals surface area contributed by atoms with Crippen molar-refractivity contribution in [3.63, 3.8) is 0 Å². The molecule has 4 heteroatoms. The van der Waals surface area contributed by atoms with Crippen LogP contribution in [0, 0.1) is 6.92 Å². The minimum absolute atomic E-state index is 0.168. The lowest BCUT2D eigenvalue weighted by Crippen LogP contribution is -2.37. The summed E-state index contributed by atoms with van der Waals surface area (Å²) >= 11 is 0. The Morgan fingerprint density at radius 2 is 2.00 bits per heavy atom. The van der Waals surface area contributed by atoms with Gasteiger partial charge in [-0.3, -0.25) is 0 Å². The topological polar surface area (TPSA) is 45.7 Å². The van der Waals surface area contributed by atoms with Crippen LogP contribution in [-0.4, -0.2) is 25.2 Å². The van der Waals surface area contributed by atoms with Gasteiger partial charge in [-0.15, -0.1) is 0 Å². The number of guanidine groups is 1. The number of nitrogens with one attached hydrogen (secondary N) is 2. The van der Waals surface area contributed by atoms with Gasteiger partial charge in [0.15, 0.2) is 5.96 Å². The van der Waals surface area contributed by atoms with Gasteiger partial charge in [0.1, 0.15) is 5.75 Å². The van der Waals surface area contributed by atoms with Crippen molar-refractivity contribution in [2.75, 3.05) is 13.1 Å². The van der Waals surface area contributed by atoms with Crippen LogP contribution < -0.4 is 15.4 Å². The van der Waals surface area contributed by atoms with Crippen LogP contribution in [0.15, 0.2) is 23.2 Å². The molecule has 0 aliphatic heterocycles. The molecule has 0 amide bonds. The van der Waals surface area contributed by atoms with E-state index >= 15 is 0 Å².